The second-order valence-corrected chi connectivity index (χ2v) is 7.48. The van der Waals surface area contributed by atoms with Gasteiger partial charge in [0, 0.05) is 12.6 Å². The predicted molar refractivity (Wildman–Crippen MR) is 93.9 cm³/mol. The molecule has 1 amide bonds. The van der Waals surface area contributed by atoms with Gasteiger partial charge in [0.05, 0.1) is 10.6 Å². The van der Waals surface area contributed by atoms with Crippen LogP contribution >= 0.6 is 23.1 Å². The molecule has 1 atom stereocenters. The highest BCUT2D eigenvalue weighted by molar-refractivity contribution is 7.99. The first kappa shape index (κ1) is 16.3. The van der Waals surface area contributed by atoms with Gasteiger partial charge in [-0.2, -0.15) is 0 Å². The van der Waals surface area contributed by atoms with Crippen LogP contribution in [0.2, 0.25) is 0 Å². The van der Waals surface area contributed by atoms with E-state index in [1.54, 1.807) is 11.3 Å². The number of nitrogen functional groups attached to an aromatic ring is 1. The summed E-state index contributed by atoms with van der Waals surface area (Å²) in [6.45, 7) is 3.01. The summed E-state index contributed by atoms with van der Waals surface area (Å²) in [4.78, 5) is 15.5. The first-order valence-electron chi connectivity index (χ1n) is 7.87. The zero-order valence-electron chi connectivity index (χ0n) is 13.1. The molecule has 2 aromatic rings. The van der Waals surface area contributed by atoms with Crippen LogP contribution in [0.5, 0.6) is 0 Å². The average Bonchev–Trinajstić information content (AvgIpc) is 3.22. The molecule has 0 aromatic carbocycles. The molecule has 0 saturated carbocycles. The van der Waals surface area contributed by atoms with Crippen molar-refractivity contribution < 1.29 is 4.79 Å². The number of nitrogens with zero attached hydrogens (tertiary/aromatic N) is 4. The van der Waals surface area contributed by atoms with Crippen molar-refractivity contribution in [1.29, 1.82) is 0 Å². The fraction of sp³-hybridized carbons (Fsp3) is 0.533. The van der Waals surface area contributed by atoms with Gasteiger partial charge in [0.2, 0.25) is 11.1 Å². The van der Waals surface area contributed by atoms with Crippen LogP contribution in [0.3, 0.4) is 0 Å². The van der Waals surface area contributed by atoms with Gasteiger partial charge in [0.1, 0.15) is 0 Å². The summed E-state index contributed by atoms with van der Waals surface area (Å²) < 4.78 is 1.47. The topological polar surface area (TPSA) is 77.0 Å². The summed E-state index contributed by atoms with van der Waals surface area (Å²) >= 11 is 2.92. The van der Waals surface area contributed by atoms with Crippen molar-refractivity contribution in [3.8, 4) is 10.7 Å². The van der Waals surface area contributed by atoms with Gasteiger partial charge >= 0.3 is 0 Å². The molecule has 2 aromatic heterocycles. The normalized spacial score (nSPS) is 18.3. The maximum atomic E-state index is 12.5. The summed E-state index contributed by atoms with van der Waals surface area (Å²) in [5.74, 6) is 7.23. The maximum absolute atomic E-state index is 12.5. The minimum absolute atomic E-state index is 0.169. The molecule has 1 aliphatic rings. The zero-order valence-corrected chi connectivity index (χ0v) is 14.8. The van der Waals surface area contributed by atoms with Crippen LogP contribution in [0.15, 0.2) is 22.7 Å². The van der Waals surface area contributed by atoms with Crippen LogP contribution in [-0.2, 0) is 4.79 Å². The molecule has 8 heteroatoms. The van der Waals surface area contributed by atoms with E-state index in [2.05, 4.69) is 17.1 Å². The third-order valence-electron chi connectivity index (χ3n) is 4.15. The third-order valence-corrected chi connectivity index (χ3v) is 5.94. The van der Waals surface area contributed by atoms with Crippen LogP contribution in [0.1, 0.15) is 32.6 Å². The number of aromatic nitrogens is 3. The largest absolute Gasteiger partial charge is 0.339 e. The highest BCUT2D eigenvalue weighted by Gasteiger charge is 2.25. The van der Waals surface area contributed by atoms with Crippen molar-refractivity contribution in [2.45, 2.75) is 43.8 Å². The van der Waals surface area contributed by atoms with E-state index in [4.69, 9.17) is 5.84 Å². The van der Waals surface area contributed by atoms with Crippen LogP contribution in [0.25, 0.3) is 10.7 Å². The lowest BCUT2D eigenvalue weighted by Gasteiger charge is -2.35. The Kier molecular flexibility index (Phi) is 5.22. The molecule has 0 spiro atoms. The van der Waals surface area contributed by atoms with E-state index in [9.17, 15) is 4.79 Å². The fourth-order valence-corrected chi connectivity index (χ4v) is 4.36. The van der Waals surface area contributed by atoms with Crippen molar-refractivity contribution in [3.05, 3.63) is 17.5 Å². The highest BCUT2D eigenvalue weighted by Crippen LogP contribution is 2.26. The molecule has 3 rings (SSSR count). The average molecular weight is 352 g/mol. The number of hydrogen-bond donors (Lipinski definition) is 1. The monoisotopic (exact) mass is 351 g/mol. The molecule has 0 bridgehead atoms. The van der Waals surface area contributed by atoms with E-state index in [-0.39, 0.29) is 5.91 Å². The summed E-state index contributed by atoms with van der Waals surface area (Å²) in [7, 11) is 0. The molecule has 0 aliphatic carbocycles. The van der Waals surface area contributed by atoms with Crippen molar-refractivity contribution >= 4 is 29.0 Å². The number of thioether (sulfide) groups is 1. The van der Waals surface area contributed by atoms with E-state index in [0.717, 1.165) is 30.7 Å². The lowest BCUT2D eigenvalue weighted by Crippen LogP contribution is -2.44. The van der Waals surface area contributed by atoms with Gasteiger partial charge in [-0.25, -0.2) is 4.68 Å². The highest BCUT2D eigenvalue weighted by atomic mass is 32.2. The smallest absolute Gasteiger partial charge is 0.233 e. The predicted octanol–water partition coefficient (Wildman–Crippen LogP) is 2.60. The van der Waals surface area contributed by atoms with Crippen LogP contribution in [-0.4, -0.2) is 44.0 Å². The Labute approximate surface area is 144 Å². The zero-order chi connectivity index (χ0) is 16.2. The standard InChI is InChI=1S/C15H21N5OS2/c1-2-11-6-3-4-8-19(11)13(21)10-23-15-18-17-14(20(15)16)12-7-5-9-22-12/h5,7,9,11H,2-4,6,8,10,16H2,1H3/t11-/m1/s1. The molecular weight excluding hydrogens is 330 g/mol. The molecule has 0 unspecified atom stereocenters. The molecule has 6 nitrogen and oxygen atoms in total. The lowest BCUT2D eigenvalue weighted by molar-refractivity contribution is -0.132. The van der Waals surface area contributed by atoms with Gasteiger partial charge in [-0.1, -0.05) is 24.8 Å². The first-order valence-corrected chi connectivity index (χ1v) is 9.74. The van der Waals surface area contributed by atoms with Crippen LogP contribution in [0.4, 0.5) is 0 Å². The Morgan fingerprint density at radius 3 is 3.09 bits per heavy atom. The number of carbonyl (C=O) groups is 1. The van der Waals surface area contributed by atoms with Crippen molar-refractivity contribution in [2.75, 3.05) is 18.1 Å². The Hall–Kier alpha value is -1.54. The van der Waals surface area contributed by atoms with Crippen LogP contribution < -0.4 is 5.84 Å². The van der Waals surface area contributed by atoms with E-state index in [0.29, 0.717) is 22.8 Å². The number of amides is 1. The molecule has 1 aliphatic heterocycles. The Bertz CT molecular complexity index is 655. The summed E-state index contributed by atoms with van der Waals surface area (Å²) in [5.41, 5.74) is 0. The Morgan fingerprint density at radius 1 is 1.48 bits per heavy atom. The SMILES string of the molecule is CC[C@@H]1CCCCN1C(=O)CSc1nnc(-c2cccs2)n1N. The summed E-state index contributed by atoms with van der Waals surface area (Å²) in [6, 6.07) is 4.29. The number of thiophene rings is 1. The van der Waals surface area contributed by atoms with E-state index in [1.165, 1.54) is 22.9 Å². The summed E-state index contributed by atoms with van der Waals surface area (Å²) in [5, 5.41) is 10.8. The second-order valence-electron chi connectivity index (χ2n) is 5.59. The minimum Gasteiger partial charge on any atom is -0.339 e. The van der Waals surface area contributed by atoms with Gasteiger partial charge in [-0.15, -0.1) is 21.5 Å². The first-order chi connectivity index (χ1) is 11.2. The minimum atomic E-state index is 0.169. The quantitative estimate of drug-likeness (QED) is 0.662. The number of rotatable bonds is 5. The molecule has 124 valence electrons. The lowest BCUT2D eigenvalue weighted by atomic mass is 10.0. The molecule has 2 N–H and O–H groups in total. The molecule has 0 radical (unpaired) electrons. The van der Waals surface area contributed by atoms with Gasteiger partial charge in [0.15, 0.2) is 5.82 Å². The van der Waals surface area contributed by atoms with Crippen molar-refractivity contribution in [3.63, 3.8) is 0 Å². The second kappa shape index (κ2) is 7.35. The molecular formula is C15H21N5OS2. The number of nitrogens with two attached hydrogens (primary N) is 1. The van der Waals surface area contributed by atoms with Gasteiger partial charge in [-0.3, -0.25) is 4.79 Å². The number of hydrogen-bond acceptors (Lipinski definition) is 6. The fourth-order valence-electron chi connectivity index (χ4n) is 2.91. The van der Waals surface area contributed by atoms with Gasteiger partial charge < -0.3 is 10.7 Å². The van der Waals surface area contributed by atoms with Gasteiger partial charge in [-0.05, 0) is 37.1 Å². The van der Waals surface area contributed by atoms with Crippen LogP contribution in [0, 0.1) is 0 Å². The number of piperidine rings is 1. The Balaban J connectivity index is 1.63. The molecule has 3 heterocycles. The maximum Gasteiger partial charge on any atom is 0.233 e. The van der Waals surface area contributed by atoms with Crippen molar-refractivity contribution in [1.82, 2.24) is 19.8 Å². The molecule has 1 fully saturated rings. The van der Waals surface area contributed by atoms with Crippen molar-refractivity contribution in [2.24, 2.45) is 0 Å². The number of carbonyl (C=O) groups excluding carboxylic acids is 1. The molecule has 23 heavy (non-hydrogen) atoms. The van der Waals surface area contributed by atoms with E-state index >= 15 is 0 Å². The van der Waals surface area contributed by atoms with E-state index in [1.807, 2.05) is 22.4 Å². The van der Waals surface area contributed by atoms with Gasteiger partial charge in [0.25, 0.3) is 0 Å². The number of likely N-dealkylation sites (tertiary alicyclic amines) is 1. The third kappa shape index (κ3) is 3.53. The Morgan fingerprint density at radius 2 is 2.35 bits per heavy atom. The summed E-state index contributed by atoms with van der Waals surface area (Å²) in [6.07, 6.45) is 4.45. The molecule has 1 saturated heterocycles. The van der Waals surface area contributed by atoms with E-state index < -0.39 is 0 Å².